The van der Waals surface area contributed by atoms with E-state index in [9.17, 15) is 8.42 Å². The molecule has 0 aromatic heterocycles. The molecule has 1 unspecified atom stereocenters. The number of hydrogen-bond acceptors (Lipinski definition) is 6. The number of benzene rings is 2. The van der Waals surface area contributed by atoms with Crippen LogP contribution in [0.2, 0.25) is 18.1 Å². The third-order valence-electron chi connectivity index (χ3n) is 7.35. The Morgan fingerprint density at radius 1 is 1.05 bits per heavy atom. The first kappa shape index (κ1) is 30.7. The molecule has 1 heterocycles. The molecular weight excluding hydrogens is 518 g/mol. The lowest BCUT2D eigenvalue weighted by Crippen LogP contribution is -2.47. The summed E-state index contributed by atoms with van der Waals surface area (Å²) in [7, 11) is -4.19. The van der Waals surface area contributed by atoms with Crippen LogP contribution in [0.1, 0.15) is 38.3 Å². The Hall–Kier alpha value is -1.85. The van der Waals surface area contributed by atoms with E-state index < -0.39 is 36.8 Å². The van der Waals surface area contributed by atoms with Gasteiger partial charge in [-0.1, -0.05) is 74.9 Å². The van der Waals surface area contributed by atoms with Gasteiger partial charge in [0.2, 0.25) is 10.0 Å². The number of aryl methyl sites for hydroxylation is 1. The molecule has 0 saturated heterocycles. The second-order valence-electron chi connectivity index (χ2n) is 11.3. The first-order valence-electron chi connectivity index (χ1n) is 13.1. The summed E-state index contributed by atoms with van der Waals surface area (Å²) in [6.45, 7) is 13.7. The van der Waals surface area contributed by atoms with Gasteiger partial charge in [-0.3, -0.25) is 0 Å². The first-order chi connectivity index (χ1) is 17.8. The van der Waals surface area contributed by atoms with Crippen LogP contribution in [0.5, 0.6) is 0 Å². The van der Waals surface area contributed by atoms with E-state index in [0.29, 0.717) is 19.6 Å². The molecule has 0 spiro atoms. The second kappa shape index (κ2) is 13.0. The Labute approximate surface area is 229 Å². The molecule has 1 aliphatic heterocycles. The van der Waals surface area contributed by atoms with Crippen LogP contribution in [0, 0.1) is 6.92 Å². The van der Waals surface area contributed by atoms with Gasteiger partial charge in [-0.15, -0.1) is 0 Å². The average Bonchev–Trinajstić information content (AvgIpc) is 3.04. The molecule has 0 bridgehead atoms. The van der Waals surface area contributed by atoms with Gasteiger partial charge in [-0.25, -0.2) is 13.1 Å². The van der Waals surface area contributed by atoms with Crippen molar-refractivity contribution in [2.75, 3.05) is 20.3 Å². The summed E-state index contributed by atoms with van der Waals surface area (Å²) in [4.78, 5) is 0.225. The molecule has 38 heavy (non-hydrogen) atoms. The molecule has 2 aromatic rings. The Kier molecular flexibility index (Phi) is 10.5. The topological polar surface area (TPSA) is 83.1 Å². The van der Waals surface area contributed by atoms with Crippen LogP contribution >= 0.6 is 0 Å². The molecule has 3 rings (SSSR count). The number of nitrogens with one attached hydrogen (secondary N) is 1. The molecule has 1 N–H and O–H groups in total. The van der Waals surface area contributed by atoms with E-state index in [2.05, 4.69) is 38.6 Å². The molecule has 7 nitrogen and oxygen atoms in total. The van der Waals surface area contributed by atoms with Gasteiger partial charge in [0.1, 0.15) is 12.2 Å². The van der Waals surface area contributed by atoms with Crippen LogP contribution in [0.3, 0.4) is 0 Å². The van der Waals surface area contributed by atoms with Gasteiger partial charge in [0.05, 0.1) is 18.1 Å². The fraction of sp³-hybridized carbons (Fsp3) is 0.517. The van der Waals surface area contributed by atoms with E-state index in [0.717, 1.165) is 16.7 Å². The monoisotopic (exact) mass is 561 g/mol. The molecule has 1 aliphatic rings. The highest BCUT2D eigenvalue weighted by Crippen LogP contribution is 2.37. The summed E-state index contributed by atoms with van der Waals surface area (Å²) in [5.41, 5.74) is 2.81. The van der Waals surface area contributed by atoms with E-state index in [4.69, 9.17) is 18.6 Å². The Morgan fingerprint density at radius 3 is 2.32 bits per heavy atom. The van der Waals surface area contributed by atoms with E-state index in [-0.39, 0.29) is 16.5 Å². The van der Waals surface area contributed by atoms with E-state index in [1.165, 1.54) is 0 Å². The van der Waals surface area contributed by atoms with Gasteiger partial charge in [-0.05, 0) is 48.3 Å². The van der Waals surface area contributed by atoms with Crippen molar-refractivity contribution in [2.45, 2.75) is 82.2 Å². The predicted molar refractivity (Wildman–Crippen MR) is 153 cm³/mol. The van der Waals surface area contributed by atoms with E-state index in [1.54, 1.807) is 31.4 Å². The van der Waals surface area contributed by atoms with Gasteiger partial charge in [0.25, 0.3) is 0 Å². The summed E-state index contributed by atoms with van der Waals surface area (Å²) >= 11 is 0. The standard InChI is InChI=1S/C29H43NO6SSi/c1-22-13-16-25(17-14-22)37(31,32)30-19-24-15-18-27(33-5)36-26(21-35-38(6,7)29(2,3)4)28(24)34-20-23-11-9-8-10-12-23/h8-17,26-28,30H,18-21H2,1-7H3/t26-,27?,28-/m1/s1. The first-order valence-corrected chi connectivity index (χ1v) is 17.4. The van der Waals surface area contributed by atoms with Crippen molar-refractivity contribution in [3.8, 4) is 0 Å². The summed E-state index contributed by atoms with van der Waals surface area (Å²) in [5, 5.41) is 0.0289. The third kappa shape index (κ3) is 8.32. The molecule has 0 fully saturated rings. The third-order valence-corrected chi connectivity index (χ3v) is 13.3. The minimum atomic E-state index is -3.71. The minimum absolute atomic E-state index is 0.0289. The summed E-state index contributed by atoms with van der Waals surface area (Å²) in [5.74, 6) is 0. The smallest absolute Gasteiger partial charge is 0.240 e. The maximum absolute atomic E-state index is 13.1. The number of ether oxygens (including phenoxy) is 3. The number of sulfonamides is 1. The molecule has 0 aliphatic carbocycles. The van der Waals surface area contributed by atoms with Crippen molar-refractivity contribution in [3.63, 3.8) is 0 Å². The lowest BCUT2D eigenvalue weighted by molar-refractivity contribution is -0.185. The van der Waals surface area contributed by atoms with Crippen molar-refractivity contribution in [1.29, 1.82) is 0 Å². The van der Waals surface area contributed by atoms with Gasteiger partial charge < -0.3 is 18.6 Å². The summed E-state index contributed by atoms with van der Waals surface area (Å²) < 4.78 is 53.9. The van der Waals surface area contributed by atoms with Crippen molar-refractivity contribution in [2.24, 2.45) is 0 Å². The second-order valence-corrected chi connectivity index (χ2v) is 17.9. The van der Waals surface area contributed by atoms with Gasteiger partial charge in [-0.2, -0.15) is 0 Å². The molecule has 210 valence electrons. The number of methoxy groups -OCH3 is 1. The average molecular weight is 562 g/mol. The molecule has 0 amide bonds. The molecule has 3 atom stereocenters. The maximum Gasteiger partial charge on any atom is 0.240 e. The van der Waals surface area contributed by atoms with Crippen LogP contribution in [0.25, 0.3) is 0 Å². The van der Waals surface area contributed by atoms with Gasteiger partial charge >= 0.3 is 0 Å². The number of hydrogen-bond donors (Lipinski definition) is 1. The Balaban J connectivity index is 1.87. The maximum atomic E-state index is 13.1. The highest BCUT2D eigenvalue weighted by Gasteiger charge is 2.40. The normalized spacial score (nSPS) is 21.1. The fourth-order valence-corrected chi connectivity index (χ4v) is 5.87. The lowest BCUT2D eigenvalue weighted by Gasteiger charge is -2.38. The SMILES string of the molecule is COC1CC=C(CNS(=O)(=O)c2ccc(C)cc2)[C@@H](OCc2ccccc2)[C@@H](CO[Si](C)(C)C(C)(C)C)O1. The molecular formula is C29H43NO6SSi. The minimum Gasteiger partial charge on any atom is -0.414 e. The zero-order chi connectivity index (χ0) is 28.0. The van der Waals surface area contributed by atoms with E-state index in [1.807, 2.05) is 43.3 Å². The highest BCUT2D eigenvalue weighted by atomic mass is 32.2. The summed E-state index contributed by atoms with van der Waals surface area (Å²) in [6.07, 6.45) is 0.946. The molecule has 9 heteroatoms. The molecule has 0 radical (unpaired) electrons. The summed E-state index contributed by atoms with van der Waals surface area (Å²) in [6, 6.07) is 16.7. The van der Waals surface area contributed by atoms with Crippen molar-refractivity contribution >= 4 is 18.3 Å². The van der Waals surface area contributed by atoms with Crippen LogP contribution in [-0.4, -0.2) is 55.5 Å². The largest absolute Gasteiger partial charge is 0.414 e. The highest BCUT2D eigenvalue weighted by molar-refractivity contribution is 7.89. The molecule has 2 aromatic carbocycles. The predicted octanol–water partition coefficient (Wildman–Crippen LogP) is 5.57. The van der Waals surface area contributed by atoms with Gasteiger partial charge in [0.15, 0.2) is 14.6 Å². The zero-order valence-electron chi connectivity index (χ0n) is 23.7. The molecule has 0 saturated carbocycles. The quantitative estimate of drug-likeness (QED) is 0.285. The Morgan fingerprint density at radius 2 is 1.71 bits per heavy atom. The van der Waals surface area contributed by atoms with Crippen LogP contribution in [0.4, 0.5) is 0 Å². The lowest BCUT2D eigenvalue weighted by atomic mass is 10.0. The van der Waals surface area contributed by atoms with Crippen LogP contribution in [0.15, 0.2) is 71.1 Å². The van der Waals surface area contributed by atoms with Gasteiger partial charge in [0, 0.05) is 20.1 Å². The van der Waals surface area contributed by atoms with Crippen LogP contribution < -0.4 is 4.72 Å². The van der Waals surface area contributed by atoms with Crippen molar-refractivity contribution < 1.29 is 27.1 Å². The van der Waals surface area contributed by atoms with Crippen LogP contribution in [-0.2, 0) is 35.3 Å². The van der Waals surface area contributed by atoms with E-state index >= 15 is 0 Å². The zero-order valence-corrected chi connectivity index (χ0v) is 25.5. The van der Waals surface area contributed by atoms with Crippen molar-refractivity contribution in [3.05, 3.63) is 77.4 Å². The number of rotatable bonds is 11. The Bertz CT molecular complexity index is 1160. The van der Waals surface area contributed by atoms with Crippen molar-refractivity contribution in [1.82, 2.24) is 4.72 Å². The fourth-order valence-electron chi connectivity index (χ4n) is 3.84.